The maximum absolute atomic E-state index is 12.5. The molecular formula is C30H37N3O6S. The molecule has 40 heavy (non-hydrogen) atoms. The van der Waals surface area contributed by atoms with Crippen molar-refractivity contribution in [2.45, 2.75) is 75.2 Å². The van der Waals surface area contributed by atoms with Crippen molar-refractivity contribution >= 4 is 29.3 Å². The molecule has 0 radical (unpaired) electrons. The van der Waals surface area contributed by atoms with Gasteiger partial charge in [0.25, 0.3) is 0 Å². The molecule has 2 heterocycles. The van der Waals surface area contributed by atoms with Gasteiger partial charge in [0.15, 0.2) is 11.4 Å². The van der Waals surface area contributed by atoms with E-state index in [1.807, 2.05) is 66.3 Å². The number of carbonyl (C=O) groups excluding carboxylic acids is 1. The van der Waals surface area contributed by atoms with Gasteiger partial charge in [0, 0.05) is 55.7 Å². The number of aliphatic hydroxyl groups is 1. The lowest BCUT2D eigenvalue weighted by Crippen LogP contribution is -2.31. The number of anilines is 1. The van der Waals surface area contributed by atoms with Crippen molar-refractivity contribution in [2.24, 2.45) is 7.05 Å². The molecule has 1 fully saturated rings. The highest BCUT2D eigenvalue weighted by Gasteiger charge is 2.32. The van der Waals surface area contributed by atoms with Crippen LogP contribution >= 0.6 is 11.8 Å². The fourth-order valence-corrected chi connectivity index (χ4v) is 5.53. The van der Waals surface area contributed by atoms with Crippen LogP contribution in [0.15, 0.2) is 66.1 Å². The fraction of sp³-hybridized carbons (Fsp3) is 0.433. The van der Waals surface area contributed by atoms with Crippen molar-refractivity contribution in [1.29, 1.82) is 0 Å². The molecule has 0 unspecified atom stereocenters. The van der Waals surface area contributed by atoms with Gasteiger partial charge in [-0.1, -0.05) is 61.0 Å². The lowest BCUT2D eigenvalue weighted by molar-refractivity contribution is -0.245. The van der Waals surface area contributed by atoms with E-state index in [-0.39, 0.29) is 31.1 Å². The summed E-state index contributed by atoms with van der Waals surface area (Å²) in [6.45, 7) is -0.0102. The van der Waals surface area contributed by atoms with Gasteiger partial charge in [-0.15, -0.1) is 0 Å². The SMILES string of the molecule is Cn1ccnc1SC[C@H]1C[C@@H](c2ccc(CO)cc2)O[C@@H](c2cccc(NC(=O)CCCCCCC(=O)O)c2)O1. The summed E-state index contributed by atoms with van der Waals surface area (Å²) in [5.74, 6) is -0.154. The van der Waals surface area contributed by atoms with Crippen LogP contribution in [0.5, 0.6) is 0 Å². The van der Waals surface area contributed by atoms with Crippen LogP contribution in [0.25, 0.3) is 0 Å². The average Bonchev–Trinajstić information content (AvgIpc) is 3.38. The number of aliphatic hydroxyl groups excluding tert-OH is 1. The number of aryl methyl sites for hydroxylation is 1. The quantitative estimate of drug-likeness (QED) is 0.170. The van der Waals surface area contributed by atoms with Crippen LogP contribution in [-0.4, -0.2) is 43.5 Å². The molecule has 10 heteroatoms. The van der Waals surface area contributed by atoms with Crippen molar-refractivity contribution in [3.05, 3.63) is 77.6 Å². The number of imidazole rings is 1. The number of nitrogens with one attached hydrogen (secondary N) is 1. The molecule has 0 aliphatic carbocycles. The standard InChI is InChI=1S/C30H37N3O6S/c1-33-16-15-31-30(33)40-20-25-18-26(22-13-11-21(19-34)12-14-22)39-29(38-25)23-7-6-8-24(17-23)32-27(35)9-4-2-3-5-10-28(36)37/h6-8,11-17,25-26,29,34H,2-5,9-10,18-20H2,1H3,(H,32,35)(H,36,37)/t25-,26+,29+/m1/s1. The molecular weight excluding hydrogens is 530 g/mol. The van der Waals surface area contributed by atoms with Crippen LogP contribution in [0.3, 0.4) is 0 Å². The Balaban J connectivity index is 1.40. The van der Waals surface area contributed by atoms with Crippen molar-refractivity contribution in [3.8, 4) is 0 Å². The van der Waals surface area contributed by atoms with Gasteiger partial charge < -0.3 is 29.6 Å². The number of thioether (sulfide) groups is 1. The van der Waals surface area contributed by atoms with E-state index in [9.17, 15) is 14.7 Å². The number of aromatic nitrogens is 2. The average molecular weight is 568 g/mol. The number of rotatable bonds is 14. The molecule has 9 nitrogen and oxygen atoms in total. The van der Waals surface area contributed by atoms with Crippen molar-refractivity contribution in [2.75, 3.05) is 11.1 Å². The summed E-state index contributed by atoms with van der Waals surface area (Å²) in [5.41, 5.74) is 3.35. The van der Waals surface area contributed by atoms with E-state index in [0.29, 0.717) is 37.1 Å². The minimum atomic E-state index is -0.785. The third-order valence-corrected chi connectivity index (χ3v) is 7.97. The van der Waals surface area contributed by atoms with E-state index < -0.39 is 12.3 Å². The first kappa shape index (κ1) is 29.8. The summed E-state index contributed by atoms with van der Waals surface area (Å²) in [6.07, 6.45) is 6.98. The second kappa shape index (κ2) is 15.0. The molecule has 1 aromatic heterocycles. The van der Waals surface area contributed by atoms with Gasteiger partial charge in [-0.05, 0) is 36.1 Å². The third kappa shape index (κ3) is 8.92. The van der Waals surface area contributed by atoms with Gasteiger partial charge in [0.2, 0.25) is 5.91 Å². The molecule has 1 saturated heterocycles. The van der Waals surface area contributed by atoms with Crippen molar-refractivity contribution < 1.29 is 29.3 Å². The molecule has 1 aliphatic heterocycles. The van der Waals surface area contributed by atoms with E-state index in [2.05, 4.69) is 10.3 Å². The summed E-state index contributed by atoms with van der Waals surface area (Å²) < 4.78 is 14.8. The molecule has 4 rings (SSSR count). The molecule has 0 spiro atoms. The van der Waals surface area contributed by atoms with E-state index in [0.717, 1.165) is 34.7 Å². The van der Waals surface area contributed by atoms with E-state index >= 15 is 0 Å². The zero-order valence-corrected chi connectivity index (χ0v) is 23.5. The molecule has 3 aromatic rings. The first-order valence-corrected chi connectivity index (χ1v) is 14.6. The van der Waals surface area contributed by atoms with Crippen LogP contribution in [0.2, 0.25) is 0 Å². The lowest BCUT2D eigenvalue weighted by Gasteiger charge is -2.36. The second-order valence-electron chi connectivity index (χ2n) is 9.96. The highest BCUT2D eigenvalue weighted by atomic mass is 32.2. The largest absolute Gasteiger partial charge is 0.481 e. The molecule has 214 valence electrons. The molecule has 3 N–H and O–H groups in total. The fourth-order valence-electron chi connectivity index (χ4n) is 4.58. The topological polar surface area (TPSA) is 123 Å². The predicted octanol–water partition coefficient (Wildman–Crippen LogP) is 5.61. The van der Waals surface area contributed by atoms with Gasteiger partial charge in [0.05, 0.1) is 18.8 Å². The maximum atomic E-state index is 12.5. The number of carbonyl (C=O) groups is 2. The van der Waals surface area contributed by atoms with Gasteiger partial charge in [-0.25, -0.2) is 4.98 Å². The minimum Gasteiger partial charge on any atom is -0.481 e. The zero-order chi connectivity index (χ0) is 28.3. The number of unbranched alkanes of at least 4 members (excludes halogenated alkanes) is 3. The Labute approximate surface area is 238 Å². The number of hydrogen-bond donors (Lipinski definition) is 3. The maximum Gasteiger partial charge on any atom is 0.303 e. The minimum absolute atomic E-state index is 0.0102. The summed E-state index contributed by atoms with van der Waals surface area (Å²) >= 11 is 1.64. The summed E-state index contributed by atoms with van der Waals surface area (Å²) in [5, 5.41) is 22.0. The van der Waals surface area contributed by atoms with Crippen LogP contribution in [-0.2, 0) is 32.7 Å². The summed E-state index contributed by atoms with van der Waals surface area (Å²) in [7, 11) is 1.97. The molecule has 0 saturated carbocycles. The Morgan fingerprint density at radius 3 is 2.52 bits per heavy atom. The van der Waals surface area contributed by atoms with Crippen molar-refractivity contribution in [1.82, 2.24) is 9.55 Å². The first-order valence-electron chi connectivity index (χ1n) is 13.6. The Hall–Kier alpha value is -3.18. The molecule has 3 atom stereocenters. The highest BCUT2D eigenvalue weighted by Crippen LogP contribution is 2.39. The number of aliphatic carboxylic acids is 1. The number of carboxylic acids is 1. The van der Waals surface area contributed by atoms with Gasteiger partial charge >= 0.3 is 5.97 Å². The van der Waals surface area contributed by atoms with Crippen LogP contribution in [0, 0.1) is 0 Å². The molecule has 1 aliphatic rings. The smallest absolute Gasteiger partial charge is 0.303 e. The Morgan fingerprint density at radius 2 is 1.82 bits per heavy atom. The number of benzene rings is 2. The second-order valence-corrected chi connectivity index (χ2v) is 11.0. The lowest BCUT2D eigenvalue weighted by atomic mass is 10.0. The van der Waals surface area contributed by atoms with Crippen LogP contribution in [0.1, 0.15) is 74.0 Å². The number of hydrogen-bond acceptors (Lipinski definition) is 7. The Bertz CT molecular complexity index is 1250. The molecule has 0 bridgehead atoms. The normalized spacial score (nSPS) is 18.9. The predicted molar refractivity (Wildman–Crippen MR) is 153 cm³/mol. The highest BCUT2D eigenvalue weighted by molar-refractivity contribution is 7.99. The number of ether oxygens (including phenoxy) is 2. The molecule has 1 amide bonds. The van der Waals surface area contributed by atoms with Crippen LogP contribution < -0.4 is 5.32 Å². The third-order valence-electron chi connectivity index (χ3n) is 6.78. The Kier molecular flexibility index (Phi) is 11.2. The van der Waals surface area contributed by atoms with Gasteiger partial charge in [-0.3, -0.25) is 9.59 Å². The van der Waals surface area contributed by atoms with E-state index in [4.69, 9.17) is 14.6 Å². The zero-order valence-electron chi connectivity index (χ0n) is 22.7. The Morgan fingerprint density at radius 1 is 1.05 bits per heavy atom. The van der Waals surface area contributed by atoms with Gasteiger partial charge in [-0.2, -0.15) is 0 Å². The number of carboxylic acid groups (broad SMARTS) is 1. The monoisotopic (exact) mass is 567 g/mol. The van der Waals surface area contributed by atoms with E-state index in [1.54, 1.807) is 18.0 Å². The van der Waals surface area contributed by atoms with E-state index in [1.165, 1.54) is 0 Å². The molecule has 2 aromatic carbocycles. The van der Waals surface area contributed by atoms with Gasteiger partial charge in [0.1, 0.15) is 0 Å². The van der Waals surface area contributed by atoms with Crippen LogP contribution in [0.4, 0.5) is 5.69 Å². The summed E-state index contributed by atoms with van der Waals surface area (Å²) in [6, 6.07) is 15.3. The number of nitrogens with zero attached hydrogens (tertiary/aromatic N) is 2. The van der Waals surface area contributed by atoms with Crippen molar-refractivity contribution in [3.63, 3.8) is 0 Å². The first-order chi connectivity index (χ1) is 19.4. The number of amides is 1. The summed E-state index contributed by atoms with van der Waals surface area (Å²) in [4.78, 5) is 27.5.